The molecule has 2 aromatic heterocycles. The summed E-state index contributed by atoms with van der Waals surface area (Å²) in [6.45, 7) is 2.49. The van der Waals surface area contributed by atoms with Gasteiger partial charge in [-0.3, -0.25) is 9.78 Å². The largest absolute Gasteiger partial charge is 0.345 e. The molecular formula is C28H28ClN5O2. The van der Waals surface area contributed by atoms with E-state index < -0.39 is 0 Å². The number of carbonyl (C=O) groups is 1. The predicted octanol–water partition coefficient (Wildman–Crippen LogP) is 5.26. The van der Waals surface area contributed by atoms with Crippen molar-refractivity contribution in [1.29, 1.82) is 0 Å². The van der Waals surface area contributed by atoms with Gasteiger partial charge in [-0.05, 0) is 61.3 Å². The summed E-state index contributed by atoms with van der Waals surface area (Å²) >= 11 is 6.07. The fraction of sp³-hybridized carbons (Fsp3) is 0.286. The zero-order valence-corrected chi connectivity index (χ0v) is 20.6. The molecule has 184 valence electrons. The van der Waals surface area contributed by atoms with Crippen LogP contribution < -0.4 is 5.32 Å². The van der Waals surface area contributed by atoms with Gasteiger partial charge >= 0.3 is 0 Å². The first kappa shape index (κ1) is 24.2. The second-order valence-electron chi connectivity index (χ2n) is 9.00. The molecule has 3 heterocycles. The van der Waals surface area contributed by atoms with Crippen LogP contribution in [0.2, 0.25) is 5.02 Å². The third-order valence-electron chi connectivity index (χ3n) is 6.57. The minimum atomic E-state index is -0.215. The molecule has 0 radical (unpaired) electrons. The maximum absolute atomic E-state index is 12.9. The van der Waals surface area contributed by atoms with Crippen LogP contribution in [0.5, 0.6) is 0 Å². The van der Waals surface area contributed by atoms with Crippen molar-refractivity contribution in [2.75, 3.05) is 19.6 Å². The van der Waals surface area contributed by atoms with Crippen LogP contribution in [0.1, 0.15) is 48.2 Å². The molecule has 1 aliphatic rings. The molecule has 5 rings (SSSR count). The monoisotopic (exact) mass is 501 g/mol. The van der Waals surface area contributed by atoms with E-state index in [2.05, 4.69) is 25.3 Å². The van der Waals surface area contributed by atoms with Gasteiger partial charge in [0.1, 0.15) is 5.69 Å². The van der Waals surface area contributed by atoms with Crippen molar-refractivity contribution in [3.63, 3.8) is 0 Å². The highest BCUT2D eigenvalue weighted by Crippen LogP contribution is 2.28. The fourth-order valence-corrected chi connectivity index (χ4v) is 4.68. The van der Waals surface area contributed by atoms with Gasteiger partial charge in [0.25, 0.3) is 0 Å². The highest BCUT2D eigenvalue weighted by Gasteiger charge is 2.26. The van der Waals surface area contributed by atoms with Gasteiger partial charge in [-0.1, -0.05) is 65.3 Å². The van der Waals surface area contributed by atoms with Crippen molar-refractivity contribution in [2.24, 2.45) is 0 Å². The van der Waals surface area contributed by atoms with Crippen molar-refractivity contribution in [3.8, 4) is 11.5 Å². The first-order valence-electron chi connectivity index (χ1n) is 12.2. The molecule has 1 atom stereocenters. The van der Waals surface area contributed by atoms with Crippen LogP contribution in [0.15, 0.2) is 83.5 Å². The van der Waals surface area contributed by atoms with Gasteiger partial charge in [-0.2, -0.15) is 4.98 Å². The van der Waals surface area contributed by atoms with Gasteiger partial charge in [-0.25, -0.2) is 0 Å². The number of pyridine rings is 1. The maximum atomic E-state index is 12.9. The van der Waals surface area contributed by atoms with Gasteiger partial charge in [0.2, 0.25) is 17.6 Å². The second kappa shape index (κ2) is 11.5. The minimum Gasteiger partial charge on any atom is -0.345 e. The number of benzene rings is 2. The van der Waals surface area contributed by atoms with Crippen LogP contribution in [0.25, 0.3) is 11.5 Å². The number of amides is 1. The molecule has 1 N–H and O–H groups in total. The molecule has 2 aromatic carbocycles. The topological polar surface area (TPSA) is 84.2 Å². The van der Waals surface area contributed by atoms with Crippen molar-refractivity contribution >= 4 is 17.5 Å². The Bertz CT molecular complexity index is 1260. The van der Waals surface area contributed by atoms with Crippen LogP contribution >= 0.6 is 11.6 Å². The standard InChI is InChI=1S/C28H28ClN5O2/c29-23-11-9-21(10-12-23)26(20-6-2-1-3-7-20)31-25(35)15-19-34-17-13-22(14-18-34)28-32-27(33-36-28)24-8-4-5-16-30-24/h1-12,16,22,26H,13-15,17-19H2,(H,31,35). The number of piperidine rings is 1. The van der Waals surface area contributed by atoms with Crippen molar-refractivity contribution in [1.82, 2.24) is 25.3 Å². The molecule has 7 nitrogen and oxygen atoms in total. The van der Waals surface area contributed by atoms with Crippen LogP contribution in [0.4, 0.5) is 0 Å². The lowest BCUT2D eigenvalue weighted by molar-refractivity contribution is -0.122. The Hall–Kier alpha value is -3.55. The Balaban J connectivity index is 1.13. The number of nitrogens with one attached hydrogen (secondary N) is 1. The molecule has 0 aliphatic carbocycles. The lowest BCUT2D eigenvalue weighted by Gasteiger charge is -2.30. The van der Waals surface area contributed by atoms with E-state index in [1.54, 1.807) is 6.20 Å². The molecule has 1 aliphatic heterocycles. The molecule has 36 heavy (non-hydrogen) atoms. The quantitative estimate of drug-likeness (QED) is 0.354. The fourth-order valence-electron chi connectivity index (χ4n) is 4.56. The molecule has 0 saturated carbocycles. The van der Waals surface area contributed by atoms with Crippen molar-refractivity contribution < 1.29 is 9.32 Å². The minimum absolute atomic E-state index is 0.0258. The summed E-state index contributed by atoms with van der Waals surface area (Å²) in [6.07, 6.45) is 4.00. The van der Waals surface area contributed by atoms with E-state index in [1.807, 2.05) is 72.8 Å². The van der Waals surface area contributed by atoms with Crippen LogP contribution in [0, 0.1) is 0 Å². The van der Waals surface area contributed by atoms with Gasteiger partial charge in [-0.15, -0.1) is 0 Å². The average molecular weight is 502 g/mol. The first-order chi connectivity index (χ1) is 17.7. The van der Waals surface area contributed by atoms with E-state index in [0.29, 0.717) is 35.4 Å². The molecule has 0 spiro atoms. The Morgan fingerprint density at radius 2 is 1.72 bits per heavy atom. The number of halogens is 1. The third kappa shape index (κ3) is 5.98. The number of nitrogens with zero attached hydrogens (tertiary/aromatic N) is 4. The van der Waals surface area contributed by atoms with E-state index in [4.69, 9.17) is 16.1 Å². The Morgan fingerprint density at radius 3 is 2.44 bits per heavy atom. The van der Waals surface area contributed by atoms with Crippen molar-refractivity contribution in [2.45, 2.75) is 31.2 Å². The van der Waals surface area contributed by atoms with Crippen LogP contribution in [0.3, 0.4) is 0 Å². The van der Waals surface area contributed by atoms with Crippen molar-refractivity contribution in [3.05, 3.63) is 101 Å². The smallest absolute Gasteiger partial charge is 0.230 e. The Morgan fingerprint density at radius 1 is 1.00 bits per heavy atom. The highest BCUT2D eigenvalue weighted by molar-refractivity contribution is 6.30. The number of carbonyl (C=O) groups excluding carboxylic acids is 1. The van der Waals surface area contributed by atoms with E-state index in [1.165, 1.54) is 0 Å². The highest BCUT2D eigenvalue weighted by atomic mass is 35.5. The first-order valence-corrected chi connectivity index (χ1v) is 12.6. The summed E-state index contributed by atoms with van der Waals surface area (Å²) in [4.78, 5) is 24.1. The molecule has 1 amide bonds. The molecule has 0 bridgehead atoms. The predicted molar refractivity (Wildman–Crippen MR) is 138 cm³/mol. The summed E-state index contributed by atoms with van der Waals surface area (Å²) in [5.41, 5.74) is 2.76. The van der Waals surface area contributed by atoms with E-state index in [9.17, 15) is 4.79 Å². The average Bonchev–Trinajstić information content (AvgIpc) is 3.43. The van der Waals surface area contributed by atoms with Gasteiger partial charge < -0.3 is 14.7 Å². The normalized spacial score (nSPS) is 15.5. The number of rotatable bonds is 8. The Kier molecular flexibility index (Phi) is 7.69. The summed E-state index contributed by atoms with van der Waals surface area (Å²) < 4.78 is 5.54. The molecule has 1 saturated heterocycles. The third-order valence-corrected chi connectivity index (χ3v) is 6.82. The van der Waals surface area contributed by atoms with E-state index >= 15 is 0 Å². The van der Waals surface area contributed by atoms with Gasteiger partial charge in [0, 0.05) is 30.1 Å². The van der Waals surface area contributed by atoms with E-state index in [0.717, 1.165) is 37.1 Å². The van der Waals surface area contributed by atoms with Gasteiger partial charge in [0.15, 0.2) is 0 Å². The summed E-state index contributed by atoms with van der Waals surface area (Å²) in [5, 5.41) is 7.99. The Labute approximate surface area is 215 Å². The lowest BCUT2D eigenvalue weighted by Crippen LogP contribution is -2.37. The maximum Gasteiger partial charge on any atom is 0.230 e. The SMILES string of the molecule is O=C(CCN1CCC(c2nc(-c3ccccn3)no2)CC1)NC(c1ccccc1)c1ccc(Cl)cc1. The molecule has 8 heteroatoms. The van der Waals surface area contributed by atoms with Crippen LogP contribution in [-0.2, 0) is 4.79 Å². The molecule has 1 unspecified atom stereocenters. The van der Waals surface area contributed by atoms with Crippen LogP contribution in [-0.4, -0.2) is 45.6 Å². The lowest BCUT2D eigenvalue weighted by atomic mass is 9.96. The molecular weight excluding hydrogens is 474 g/mol. The summed E-state index contributed by atoms with van der Waals surface area (Å²) in [5.74, 6) is 1.45. The second-order valence-corrected chi connectivity index (χ2v) is 9.44. The summed E-state index contributed by atoms with van der Waals surface area (Å²) in [6, 6.07) is 23.1. The van der Waals surface area contributed by atoms with E-state index in [-0.39, 0.29) is 17.9 Å². The number of hydrogen-bond donors (Lipinski definition) is 1. The number of likely N-dealkylation sites (tertiary alicyclic amines) is 1. The molecule has 4 aromatic rings. The zero-order chi connectivity index (χ0) is 24.7. The number of hydrogen-bond acceptors (Lipinski definition) is 6. The van der Waals surface area contributed by atoms with Gasteiger partial charge in [0.05, 0.1) is 6.04 Å². The summed E-state index contributed by atoms with van der Waals surface area (Å²) in [7, 11) is 0. The molecule has 1 fully saturated rings. The zero-order valence-electron chi connectivity index (χ0n) is 19.9. The number of aromatic nitrogens is 3.